The molecule has 21 heavy (non-hydrogen) atoms. The summed E-state index contributed by atoms with van der Waals surface area (Å²) in [4.78, 5) is 0. The summed E-state index contributed by atoms with van der Waals surface area (Å²) in [7, 11) is 0. The molecule has 5 aliphatic rings. The first-order chi connectivity index (χ1) is 10.3. The van der Waals surface area contributed by atoms with Gasteiger partial charge in [-0.15, -0.1) is 0 Å². The van der Waals surface area contributed by atoms with Gasteiger partial charge in [-0.25, -0.2) is 0 Å². The molecule has 5 rings (SSSR count). The Bertz CT molecular complexity index is 398. The molecular weight excluding hydrogens is 262 g/mol. The standard InChI is InChI=1S/C18H29NO2/c19-17(16-14-11-1-2-12(9-11)15(14)16)13-3-6-21-18(10-13)4-7-20-8-5-18/h11-17H,1-10,19H2. The van der Waals surface area contributed by atoms with Gasteiger partial charge in [-0.2, -0.15) is 0 Å². The zero-order chi connectivity index (χ0) is 14.0. The second kappa shape index (κ2) is 4.69. The average Bonchev–Trinajstić information content (AvgIpc) is 2.94. The van der Waals surface area contributed by atoms with Gasteiger partial charge in [-0.3, -0.25) is 0 Å². The topological polar surface area (TPSA) is 44.5 Å². The fraction of sp³-hybridized carbons (Fsp3) is 1.00. The molecule has 3 nitrogen and oxygen atoms in total. The van der Waals surface area contributed by atoms with Crippen molar-refractivity contribution in [2.45, 2.75) is 56.6 Å². The molecular formula is C18H29NO2. The Morgan fingerprint density at radius 1 is 0.952 bits per heavy atom. The normalized spacial score (nSPS) is 51.9. The van der Waals surface area contributed by atoms with Gasteiger partial charge in [-0.1, -0.05) is 0 Å². The van der Waals surface area contributed by atoms with Crippen LogP contribution in [0.25, 0.3) is 0 Å². The van der Waals surface area contributed by atoms with E-state index in [9.17, 15) is 0 Å². The molecule has 0 aromatic rings. The van der Waals surface area contributed by atoms with Crippen molar-refractivity contribution in [3.8, 4) is 0 Å². The first kappa shape index (κ1) is 13.3. The van der Waals surface area contributed by atoms with Crippen LogP contribution in [0.15, 0.2) is 0 Å². The quantitative estimate of drug-likeness (QED) is 0.850. The van der Waals surface area contributed by atoms with Crippen LogP contribution in [0.5, 0.6) is 0 Å². The number of hydrogen-bond donors (Lipinski definition) is 1. The summed E-state index contributed by atoms with van der Waals surface area (Å²) in [6.45, 7) is 2.68. The first-order valence-electron chi connectivity index (χ1n) is 9.25. The summed E-state index contributed by atoms with van der Waals surface area (Å²) in [5.74, 6) is 5.71. The van der Waals surface area contributed by atoms with Gasteiger partial charge < -0.3 is 15.2 Å². The smallest absolute Gasteiger partial charge is 0.0729 e. The van der Waals surface area contributed by atoms with E-state index in [2.05, 4.69) is 0 Å². The Morgan fingerprint density at radius 3 is 2.38 bits per heavy atom. The fourth-order valence-electron chi connectivity index (χ4n) is 6.71. The molecule has 3 aliphatic carbocycles. The molecule has 1 spiro atoms. The van der Waals surface area contributed by atoms with Gasteiger partial charge in [0.1, 0.15) is 0 Å². The Hall–Kier alpha value is -0.120. The van der Waals surface area contributed by atoms with Crippen LogP contribution in [0.1, 0.15) is 44.9 Å². The monoisotopic (exact) mass is 291 g/mol. The molecule has 0 aromatic carbocycles. The van der Waals surface area contributed by atoms with Crippen LogP contribution in [-0.4, -0.2) is 31.5 Å². The summed E-state index contributed by atoms with van der Waals surface area (Å²) in [5.41, 5.74) is 6.91. The van der Waals surface area contributed by atoms with Gasteiger partial charge in [0, 0.05) is 25.9 Å². The predicted octanol–water partition coefficient (Wildman–Crippen LogP) is 2.58. The zero-order valence-corrected chi connectivity index (χ0v) is 13.0. The minimum atomic E-state index is 0.113. The zero-order valence-electron chi connectivity index (χ0n) is 13.0. The molecule has 0 aromatic heterocycles. The second-order valence-corrected chi connectivity index (χ2v) is 8.54. The fourth-order valence-corrected chi connectivity index (χ4v) is 6.71. The van der Waals surface area contributed by atoms with Gasteiger partial charge in [-0.05, 0) is 80.5 Å². The molecule has 2 saturated heterocycles. The third-order valence-corrected chi connectivity index (χ3v) is 7.72. The lowest BCUT2D eigenvalue weighted by molar-refractivity contribution is -0.150. The summed E-state index contributed by atoms with van der Waals surface area (Å²) >= 11 is 0. The molecule has 2 aliphatic heterocycles. The van der Waals surface area contributed by atoms with E-state index in [0.29, 0.717) is 12.0 Å². The van der Waals surface area contributed by atoms with Crippen molar-refractivity contribution in [1.82, 2.24) is 0 Å². The van der Waals surface area contributed by atoms with Gasteiger partial charge in [0.15, 0.2) is 0 Å². The molecule has 0 radical (unpaired) electrons. The molecule has 2 heterocycles. The molecule has 0 amide bonds. The summed E-state index contributed by atoms with van der Waals surface area (Å²) in [6, 6.07) is 0.451. The molecule has 2 N–H and O–H groups in total. The van der Waals surface area contributed by atoms with Gasteiger partial charge in [0.05, 0.1) is 5.60 Å². The maximum atomic E-state index is 6.80. The number of ether oxygens (including phenoxy) is 2. The van der Waals surface area contributed by atoms with E-state index in [1.165, 1.54) is 32.1 Å². The van der Waals surface area contributed by atoms with Crippen LogP contribution in [0.2, 0.25) is 0 Å². The maximum absolute atomic E-state index is 6.80. The number of fused-ring (bicyclic) bond motifs is 5. The van der Waals surface area contributed by atoms with E-state index in [4.69, 9.17) is 15.2 Å². The lowest BCUT2D eigenvalue weighted by Crippen LogP contribution is -2.49. The maximum Gasteiger partial charge on any atom is 0.0729 e. The summed E-state index contributed by atoms with van der Waals surface area (Å²) in [6.07, 6.45) is 9.09. The molecule has 5 fully saturated rings. The highest BCUT2D eigenvalue weighted by molar-refractivity contribution is 5.16. The third kappa shape index (κ3) is 1.96. The molecule has 6 unspecified atom stereocenters. The molecule has 118 valence electrons. The largest absolute Gasteiger partial charge is 0.381 e. The van der Waals surface area contributed by atoms with E-state index in [0.717, 1.165) is 62.3 Å². The van der Waals surface area contributed by atoms with Crippen LogP contribution in [-0.2, 0) is 9.47 Å². The Morgan fingerprint density at radius 2 is 1.67 bits per heavy atom. The molecule has 2 bridgehead atoms. The van der Waals surface area contributed by atoms with Crippen LogP contribution in [0, 0.1) is 35.5 Å². The predicted molar refractivity (Wildman–Crippen MR) is 80.7 cm³/mol. The Kier molecular flexibility index (Phi) is 2.98. The minimum Gasteiger partial charge on any atom is -0.381 e. The first-order valence-corrected chi connectivity index (χ1v) is 9.25. The van der Waals surface area contributed by atoms with E-state index in [1.807, 2.05) is 0 Å². The van der Waals surface area contributed by atoms with E-state index in [-0.39, 0.29) is 5.60 Å². The molecule has 6 atom stereocenters. The van der Waals surface area contributed by atoms with Crippen molar-refractivity contribution in [2.75, 3.05) is 19.8 Å². The molecule has 3 heteroatoms. The van der Waals surface area contributed by atoms with Crippen LogP contribution in [0.3, 0.4) is 0 Å². The van der Waals surface area contributed by atoms with Crippen molar-refractivity contribution in [3.05, 3.63) is 0 Å². The van der Waals surface area contributed by atoms with Crippen molar-refractivity contribution >= 4 is 0 Å². The average molecular weight is 291 g/mol. The van der Waals surface area contributed by atoms with Crippen molar-refractivity contribution < 1.29 is 9.47 Å². The van der Waals surface area contributed by atoms with Crippen LogP contribution >= 0.6 is 0 Å². The molecule has 3 saturated carbocycles. The van der Waals surface area contributed by atoms with Crippen molar-refractivity contribution in [1.29, 1.82) is 0 Å². The van der Waals surface area contributed by atoms with Crippen LogP contribution < -0.4 is 5.73 Å². The number of rotatable bonds is 2. The SMILES string of the molecule is NC(C1CCOC2(CCOCC2)C1)C1C2C3CCC(C3)C21. The Labute approximate surface area is 127 Å². The number of nitrogens with two attached hydrogens (primary N) is 1. The van der Waals surface area contributed by atoms with Gasteiger partial charge >= 0.3 is 0 Å². The van der Waals surface area contributed by atoms with E-state index in [1.54, 1.807) is 0 Å². The van der Waals surface area contributed by atoms with Gasteiger partial charge in [0.25, 0.3) is 0 Å². The highest BCUT2D eigenvalue weighted by atomic mass is 16.5. The van der Waals surface area contributed by atoms with Crippen LogP contribution in [0.4, 0.5) is 0 Å². The van der Waals surface area contributed by atoms with E-state index >= 15 is 0 Å². The summed E-state index contributed by atoms with van der Waals surface area (Å²) in [5, 5.41) is 0. The highest BCUT2D eigenvalue weighted by Crippen LogP contribution is 2.70. The lowest BCUT2D eigenvalue weighted by Gasteiger charge is -2.45. The minimum absolute atomic E-state index is 0.113. The highest BCUT2D eigenvalue weighted by Gasteiger charge is 2.67. The second-order valence-electron chi connectivity index (χ2n) is 8.54. The number of hydrogen-bond acceptors (Lipinski definition) is 3. The lowest BCUT2D eigenvalue weighted by atomic mass is 9.76. The third-order valence-electron chi connectivity index (χ3n) is 7.72. The Balaban J connectivity index is 1.28. The van der Waals surface area contributed by atoms with Crippen molar-refractivity contribution in [2.24, 2.45) is 41.2 Å². The summed E-state index contributed by atoms with van der Waals surface area (Å²) < 4.78 is 11.7. The van der Waals surface area contributed by atoms with Gasteiger partial charge in [0.2, 0.25) is 0 Å². The van der Waals surface area contributed by atoms with Crippen molar-refractivity contribution in [3.63, 3.8) is 0 Å². The van der Waals surface area contributed by atoms with E-state index < -0.39 is 0 Å².